The van der Waals surface area contributed by atoms with Gasteiger partial charge in [0.15, 0.2) is 0 Å². The Hall–Kier alpha value is -0.872. The third kappa shape index (κ3) is 4.44. The molecule has 0 fully saturated rings. The van der Waals surface area contributed by atoms with Gasteiger partial charge in [-0.1, -0.05) is 0 Å². The van der Waals surface area contributed by atoms with E-state index in [2.05, 4.69) is 12.1 Å². The first-order valence-electron chi connectivity index (χ1n) is 3.90. The van der Waals surface area contributed by atoms with E-state index in [1.54, 1.807) is 0 Å². The van der Waals surface area contributed by atoms with E-state index in [0.717, 1.165) is 11.1 Å². The molecule has 0 radical (unpaired) electrons. The summed E-state index contributed by atoms with van der Waals surface area (Å²) in [6.07, 6.45) is 0. The van der Waals surface area contributed by atoms with E-state index in [4.69, 9.17) is 0 Å². The summed E-state index contributed by atoms with van der Waals surface area (Å²) in [6.45, 7) is 0. The number of hydrogen-bond donors (Lipinski definition) is 0. The fraction of sp³-hybridized carbons (Fsp3) is 0. The third-order valence-electron chi connectivity index (χ3n) is 1.71. The summed E-state index contributed by atoms with van der Waals surface area (Å²) in [5, 5.41) is 0. The van der Waals surface area contributed by atoms with E-state index >= 15 is 0 Å². The van der Waals surface area contributed by atoms with Gasteiger partial charge in [-0.25, -0.2) is 11.1 Å². The predicted molar refractivity (Wildman–Crippen MR) is 62.4 cm³/mol. The average Bonchev–Trinajstić information content (AvgIpc) is 2.21. The number of benzene rings is 2. The van der Waals surface area contributed by atoms with Crippen LogP contribution >= 0.6 is 0 Å². The van der Waals surface area contributed by atoms with Gasteiger partial charge in [0, 0.05) is 0 Å². The van der Waals surface area contributed by atoms with Gasteiger partial charge in [-0.3, -0.25) is 0 Å². The van der Waals surface area contributed by atoms with Gasteiger partial charge in [0.25, 0.3) is 0 Å². The van der Waals surface area contributed by atoms with Crippen LogP contribution in [-0.4, -0.2) is 0 Å². The molecule has 0 amide bonds. The molecule has 0 N–H and O–H groups in total. The van der Waals surface area contributed by atoms with Gasteiger partial charge in [0.05, 0.1) is 0 Å². The van der Waals surface area contributed by atoms with Crippen molar-refractivity contribution in [2.45, 2.75) is 0 Å². The summed E-state index contributed by atoms with van der Waals surface area (Å²) in [5.74, 6) is 0. The molecule has 0 aliphatic rings. The molecule has 80 valence electrons. The van der Waals surface area contributed by atoms with E-state index in [0.29, 0.717) is 0 Å². The third-order valence-corrected chi connectivity index (χ3v) is 1.71. The average molecular weight is 377 g/mol. The molecule has 0 aliphatic heterocycles. The van der Waals surface area contributed by atoms with E-state index in [1.807, 2.05) is 48.5 Å². The fourth-order valence-electron chi connectivity index (χ4n) is 1.12. The molecular weight excluding hydrogens is 363 g/mol. The van der Waals surface area contributed by atoms with Crippen molar-refractivity contribution in [2.75, 3.05) is 0 Å². The predicted octanol–water partition coefficient (Wildman–Crippen LogP) is 3.85. The maximum Gasteiger partial charge on any atom is 4.00 e. The van der Waals surface area contributed by atoms with Crippen LogP contribution in [0.5, 0.6) is 0 Å². The second-order valence-electron chi connectivity index (χ2n) is 2.55. The molecule has 0 atom stereocenters. The molecular formula is C14H14Pt. The van der Waals surface area contributed by atoms with Crippen molar-refractivity contribution in [2.24, 2.45) is 0 Å². The minimum atomic E-state index is 0. The molecule has 0 spiro atoms. The molecule has 2 aromatic rings. The molecule has 0 saturated heterocycles. The smallest absolute Gasteiger partial charge is 0.358 e. The Morgan fingerprint density at radius 2 is 1.07 bits per heavy atom. The van der Waals surface area contributed by atoms with Crippen LogP contribution < -0.4 is 0 Å². The minimum Gasteiger partial charge on any atom is -0.358 e. The van der Waals surface area contributed by atoms with Crippen LogP contribution in [0.1, 0.15) is 0 Å². The molecule has 0 unspecified atom stereocenters. The normalized spacial score (nSPS) is 7.73. The first-order chi connectivity index (χ1) is 5.97. The zero-order chi connectivity index (χ0) is 8.23. The van der Waals surface area contributed by atoms with Crippen molar-refractivity contribution >= 4 is 0 Å². The Balaban J connectivity index is 0. The Morgan fingerprint density at radius 3 is 1.33 bits per heavy atom. The standard InChI is InChI=1S/C12H8.2CH3.Pt/c1-3-7-11(8-4-1)12-9-5-2-6-10-12;;;/h1-7,9H;2*1H3;/q-2;2*-1;+4. The van der Waals surface area contributed by atoms with E-state index in [-0.39, 0.29) is 35.9 Å². The van der Waals surface area contributed by atoms with Gasteiger partial charge < -0.3 is 14.9 Å². The van der Waals surface area contributed by atoms with Crippen molar-refractivity contribution in [3.05, 3.63) is 75.5 Å². The van der Waals surface area contributed by atoms with E-state index < -0.39 is 0 Å². The topological polar surface area (TPSA) is 0 Å². The summed E-state index contributed by atoms with van der Waals surface area (Å²) < 4.78 is 0. The summed E-state index contributed by atoms with van der Waals surface area (Å²) in [6, 6.07) is 22.1. The second kappa shape index (κ2) is 8.44. The molecule has 1 heteroatoms. The Labute approximate surface area is 108 Å². The van der Waals surface area contributed by atoms with Gasteiger partial charge in [-0.2, -0.15) is 48.5 Å². The van der Waals surface area contributed by atoms with Gasteiger partial charge in [0.1, 0.15) is 0 Å². The van der Waals surface area contributed by atoms with Crippen LogP contribution in [-0.2, 0) is 21.1 Å². The summed E-state index contributed by atoms with van der Waals surface area (Å²) in [4.78, 5) is 0. The second-order valence-corrected chi connectivity index (χ2v) is 2.55. The first kappa shape index (κ1) is 16.6. The summed E-state index contributed by atoms with van der Waals surface area (Å²) in [5.41, 5.74) is 2.19. The van der Waals surface area contributed by atoms with E-state index in [1.165, 1.54) is 0 Å². The zero-order valence-electron chi connectivity index (χ0n) is 8.94. The SMILES string of the molecule is [CH3-].[CH3-].[Pt+4].[c-]1ccccc1-c1[c-]cccc1. The quantitative estimate of drug-likeness (QED) is 0.663. The van der Waals surface area contributed by atoms with Crippen LogP contribution in [0.4, 0.5) is 0 Å². The number of hydrogen-bond acceptors (Lipinski definition) is 0. The van der Waals surface area contributed by atoms with Crippen LogP contribution in [0.2, 0.25) is 0 Å². The van der Waals surface area contributed by atoms with Crippen LogP contribution in [0, 0.1) is 27.0 Å². The molecule has 0 aliphatic carbocycles. The number of rotatable bonds is 1. The van der Waals surface area contributed by atoms with Crippen molar-refractivity contribution < 1.29 is 21.1 Å². The largest absolute Gasteiger partial charge is 4.00 e. The molecule has 0 nitrogen and oxygen atoms in total. The van der Waals surface area contributed by atoms with Crippen LogP contribution in [0.15, 0.2) is 48.5 Å². The van der Waals surface area contributed by atoms with Crippen LogP contribution in [0.3, 0.4) is 0 Å². The molecule has 15 heavy (non-hydrogen) atoms. The maximum absolute atomic E-state index is 3.15. The molecule has 0 heterocycles. The molecule has 0 aromatic heterocycles. The van der Waals surface area contributed by atoms with Gasteiger partial charge in [0.2, 0.25) is 0 Å². The molecule has 2 rings (SSSR count). The molecule has 2 aromatic carbocycles. The molecule has 0 saturated carbocycles. The maximum atomic E-state index is 3.15. The Bertz CT molecular complexity index is 303. The minimum absolute atomic E-state index is 0. The fourth-order valence-corrected chi connectivity index (χ4v) is 1.12. The van der Waals surface area contributed by atoms with Gasteiger partial charge >= 0.3 is 21.1 Å². The zero-order valence-corrected chi connectivity index (χ0v) is 11.2. The van der Waals surface area contributed by atoms with Crippen molar-refractivity contribution in [1.82, 2.24) is 0 Å². The first-order valence-corrected chi connectivity index (χ1v) is 3.90. The Morgan fingerprint density at radius 1 is 0.667 bits per heavy atom. The summed E-state index contributed by atoms with van der Waals surface area (Å²) in [7, 11) is 0. The van der Waals surface area contributed by atoms with Crippen molar-refractivity contribution in [3.8, 4) is 11.1 Å². The van der Waals surface area contributed by atoms with Crippen LogP contribution in [0.25, 0.3) is 11.1 Å². The molecule has 0 bridgehead atoms. The van der Waals surface area contributed by atoms with Crippen molar-refractivity contribution in [1.29, 1.82) is 0 Å². The Kier molecular flexibility index (Phi) is 9.31. The monoisotopic (exact) mass is 377 g/mol. The van der Waals surface area contributed by atoms with E-state index in [9.17, 15) is 0 Å². The van der Waals surface area contributed by atoms with Crippen molar-refractivity contribution in [3.63, 3.8) is 0 Å². The van der Waals surface area contributed by atoms with Gasteiger partial charge in [-0.05, 0) is 0 Å². The van der Waals surface area contributed by atoms with Gasteiger partial charge in [-0.15, -0.1) is 12.1 Å². The summed E-state index contributed by atoms with van der Waals surface area (Å²) >= 11 is 0.